The van der Waals surface area contributed by atoms with Gasteiger partial charge in [0.2, 0.25) is 0 Å². The predicted molar refractivity (Wildman–Crippen MR) is 96.4 cm³/mol. The first-order valence-corrected chi connectivity index (χ1v) is 7.84. The van der Waals surface area contributed by atoms with E-state index in [1.54, 1.807) is 6.07 Å². The van der Waals surface area contributed by atoms with Crippen LogP contribution in [0.1, 0.15) is 11.1 Å². The highest BCUT2D eigenvalue weighted by atomic mass is 19.1. The zero-order valence-corrected chi connectivity index (χ0v) is 13.2. The minimum Gasteiger partial charge on any atom is -0.504 e. The molecule has 1 aliphatic rings. The van der Waals surface area contributed by atoms with Crippen LogP contribution < -0.4 is 5.32 Å². The van der Waals surface area contributed by atoms with Crippen molar-refractivity contribution in [3.63, 3.8) is 0 Å². The van der Waals surface area contributed by atoms with Gasteiger partial charge in [-0.1, -0.05) is 54.6 Å². The fraction of sp³-hybridized carbons (Fsp3) is 0. The molecule has 0 bridgehead atoms. The summed E-state index contributed by atoms with van der Waals surface area (Å²) in [5, 5.41) is 12.7. The number of carbonyl (C=O) groups is 1. The second kappa shape index (κ2) is 5.91. The van der Waals surface area contributed by atoms with E-state index >= 15 is 0 Å². The van der Waals surface area contributed by atoms with Crippen LogP contribution in [-0.2, 0) is 4.79 Å². The van der Waals surface area contributed by atoms with Gasteiger partial charge >= 0.3 is 0 Å². The van der Waals surface area contributed by atoms with Gasteiger partial charge in [-0.3, -0.25) is 4.79 Å². The lowest BCUT2D eigenvalue weighted by atomic mass is 9.99. The number of anilines is 1. The van der Waals surface area contributed by atoms with Gasteiger partial charge in [-0.05, 0) is 29.3 Å². The van der Waals surface area contributed by atoms with Crippen LogP contribution in [0.4, 0.5) is 10.1 Å². The number of aromatic hydroxyl groups is 1. The monoisotopic (exact) mass is 331 g/mol. The average Bonchev–Trinajstić information content (AvgIpc) is 2.94. The number of nitrogens with one attached hydrogen (secondary N) is 1. The number of para-hydroxylation sites is 1. The Morgan fingerprint density at radius 1 is 0.920 bits per heavy atom. The van der Waals surface area contributed by atoms with Crippen LogP contribution in [0.25, 0.3) is 22.8 Å². The lowest BCUT2D eigenvalue weighted by Gasteiger charge is -2.05. The summed E-state index contributed by atoms with van der Waals surface area (Å²) in [6.07, 6.45) is 1.50. The lowest BCUT2D eigenvalue weighted by molar-refractivity contribution is -0.110. The van der Waals surface area contributed by atoms with Crippen LogP contribution in [0.2, 0.25) is 0 Å². The van der Waals surface area contributed by atoms with Crippen LogP contribution >= 0.6 is 0 Å². The van der Waals surface area contributed by atoms with E-state index in [2.05, 4.69) is 5.32 Å². The van der Waals surface area contributed by atoms with E-state index in [1.807, 2.05) is 48.5 Å². The first kappa shape index (κ1) is 15.1. The fourth-order valence-corrected chi connectivity index (χ4v) is 2.95. The molecule has 3 nitrogen and oxygen atoms in total. The average molecular weight is 331 g/mol. The van der Waals surface area contributed by atoms with Gasteiger partial charge in [-0.15, -0.1) is 0 Å². The highest BCUT2D eigenvalue weighted by Gasteiger charge is 2.25. The van der Waals surface area contributed by atoms with Crippen molar-refractivity contribution < 1.29 is 14.3 Å². The third-order valence-corrected chi connectivity index (χ3v) is 4.23. The molecule has 0 saturated heterocycles. The highest BCUT2D eigenvalue weighted by Crippen LogP contribution is 2.37. The summed E-state index contributed by atoms with van der Waals surface area (Å²) in [7, 11) is 0. The van der Waals surface area contributed by atoms with Gasteiger partial charge in [-0.2, -0.15) is 0 Å². The zero-order valence-electron chi connectivity index (χ0n) is 13.2. The van der Waals surface area contributed by atoms with Gasteiger partial charge in [0.05, 0.1) is 0 Å². The summed E-state index contributed by atoms with van der Waals surface area (Å²) in [4.78, 5) is 12.3. The minimum absolute atomic E-state index is 0.269. The Labute approximate surface area is 144 Å². The van der Waals surface area contributed by atoms with Gasteiger partial charge in [0.15, 0.2) is 11.6 Å². The van der Waals surface area contributed by atoms with Crippen LogP contribution in [0, 0.1) is 5.82 Å². The van der Waals surface area contributed by atoms with Gasteiger partial charge in [0.25, 0.3) is 5.91 Å². The van der Waals surface area contributed by atoms with Crippen molar-refractivity contribution in [3.05, 3.63) is 83.7 Å². The molecule has 0 aromatic heterocycles. The van der Waals surface area contributed by atoms with Crippen LogP contribution in [0.5, 0.6) is 5.75 Å². The summed E-state index contributed by atoms with van der Waals surface area (Å²) in [5.74, 6) is -1.45. The Hall–Kier alpha value is -3.40. The molecule has 0 saturated carbocycles. The van der Waals surface area contributed by atoms with Crippen LogP contribution in [0.3, 0.4) is 0 Å². The van der Waals surface area contributed by atoms with Crippen molar-refractivity contribution in [1.82, 2.24) is 0 Å². The molecule has 1 amide bonds. The molecule has 25 heavy (non-hydrogen) atoms. The van der Waals surface area contributed by atoms with Crippen molar-refractivity contribution in [2.24, 2.45) is 0 Å². The molecule has 0 radical (unpaired) electrons. The van der Waals surface area contributed by atoms with E-state index in [4.69, 9.17) is 0 Å². The Kier molecular flexibility index (Phi) is 3.58. The highest BCUT2D eigenvalue weighted by molar-refractivity contribution is 6.35. The normalized spacial score (nSPS) is 14.4. The molecule has 3 aromatic rings. The Morgan fingerprint density at radius 2 is 1.72 bits per heavy atom. The molecule has 0 aliphatic carbocycles. The molecule has 0 unspecified atom stereocenters. The van der Waals surface area contributed by atoms with Crippen molar-refractivity contribution in [1.29, 1.82) is 0 Å². The molecule has 3 aromatic carbocycles. The number of rotatable bonds is 2. The number of hydrogen-bond donors (Lipinski definition) is 2. The summed E-state index contributed by atoms with van der Waals surface area (Å²) in [5.41, 5.74) is 4.15. The molecule has 4 heteroatoms. The second-order valence-corrected chi connectivity index (χ2v) is 5.82. The molecular weight excluding hydrogens is 317 g/mol. The molecule has 122 valence electrons. The standard InChI is InChI=1S/C21H14FNO2/c22-18-8-4-7-15(20(18)24)11-17-16-10-9-14(12-19(16)23-21(17)25)13-5-2-1-3-6-13/h1-12,24H,(H,23,25)/b17-11-. The fourth-order valence-electron chi connectivity index (χ4n) is 2.95. The number of hydrogen-bond acceptors (Lipinski definition) is 2. The van der Waals surface area contributed by atoms with Gasteiger partial charge in [0.1, 0.15) is 0 Å². The van der Waals surface area contributed by atoms with Crippen LogP contribution in [-0.4, -0.2) is 11.0 Å². The maximum absolute atomic E-state index is 13.5. The summed E-state index contributed by atoms with van der Waals surface area (Å²) >= 11 is 0. The van der Waals surface area contributed by atoms with Gasteiger partial charge in [-0.25, -0.2) is 4.39 Å². The number of phenols is 1. The number of phenolic OH excluding ortho intramolecular Hbond substituents is 1. The van der Waals surface area contributed by atoms with E-state index in [-0.39, 0.29) is 11.5 Å². The molecule has 1 aliphatic heterocycles. The Bertz CT molecular complexity index is 1010. The Morgan fingerprint density at radius 3 is 2.52 bits per heavy atom. The van der Waals surface area contributed by atoms with Crippen LogP contribution in [0.15, 0.2) is 66.7 Å². The van der Waals surface area contributed by atoms with E-state index in [0.29, 0.717) is 11.3 Å². The number of fused-ring (bicyclic) bond motifs is 1. The molecule has 0 fully saturated rings. The van der Waals surface area contributed by atoms with Crippen molar-refractivity contribution in [2.75, 3.05) is 5.32 Å². The van der Waals surface area contributed by atoms with Crippen molar-refractivity contribution in [2.45, 2.75) is 0 Å². The second-order valence-electron chi connectivity index (χ2n) is 5.82. The first-order chi connectivity index (χ1) is 12.1. The van der Waals surface area contributed by atoms with Crippen molar-refractivity contribution >= 4 is 23.2 Å². The third kappa shape index (κ3) is 2.68. The van der Waals surface area contributed by atoms with Gasteiger partial charge < -0.3 is 10.4 Å². The maximum Gasteiger partial charge on any atom is 0.256 e. The topological polar surface area (TPSA) is 49.3 Å². The van der Waals surface area contributed by atoms with E-state index < -0.39 is 11.6 Å². The quantitative estimate of drug-likeness (QED) is 0.669. The minimum atomic E-state index is -0.715. The molecule has 4 rings (SSSR count). The largest absolute Gasteiger partial charge is 0.504 e. The van der Waals surface area contributed by atoms with Gasteiger partial charge in [0, 0.05) is 22.4 Å². The number of amides is 1. The van der Waals surface area contributed by atoms with E-state index in [0.717, 1.165) is 16.7 Å². The SMILES string of the molecule is O=C1Nc2cc(-c3ccccc3)ccc2/C1=C/c1cccc(F)c1O. The summed E-state index contributed by atoms with van der Waals surface area (Å²) in [6, 6.07) is 19.8. The number of benzene rings is 3. The lowest BCUT2D eigenvalue weighted by Crippen LogP contribution is -2.03. The molecule has 2 N–H and O–H groups in total. The smallest absolute Gasteiger partial charge is 0.256 e. The summed E-state index contributed by atoms with van der Waals surface area (Å²) in [6.45, 7) is 0. The molecule has 0 spiro atoms. The zero-order chi connectivity index (χ0) is 17.4. The summed E-state index contributed by atoms with van der Waals surface area (Å²) < 4.78 is 13.5. The van der Waals surface area contributed by atoms with E-state index in [1.165, 1.54) is 18.2 Å². The van der Waals surface area contributed by atoms with E-state index in [9.17, 15) is 14.3 Å². The third-order valence-electron chi connectivity index (χ3n) is 4.23. The molecular formula is C21H14FNO2. The number of carbonyl (C=O) groups excluding carboxylic acids is 1. The predicted octanol–water partition coefficient (Wildman–Crippen LogP) is 4.69. The molecule has 0 atom stereocenters. The maximum atomic E-state index is 13.5. The number of halogens is 1. The first-order valence-electron chi connectivity index (χ1n) is 7.84. The Balaban J connectivity index is 1.78. The van der Waals surface area contributed by atoms with Crippen molar-refractivity contribution in [3.8, 4) is 16.9 Å². The molecule has 1 heterocycles.